The second-order valence-corrected chi connectivity index (χ2v) is 14.7. The summed E-state index contributed by atoms with van der Waals surface area (Å²) in [6, 6.07) is 11.4. The SMILES string of the molecule is CCCOCCNC(=O)C1CCNCCCCNCCCNC(=O)c2ccc(c(=O)n2C)C(=O)N[C@@H]2COC[C@@H]2NC(=O)c2ccc(n(OCc3ccccc3)c2=O)C(=O)N1. The number of rotatable bonds is 9. The van der Waals surface area contributed by atoms with Gasteiger partial charge in [0.05, 0.1) is 31.9 Å². The summed E-state index contributed by atoms with van der Waals surface area (Å²) in [7, 11) is 1.40. The van der Waals surface area contributed by atoms with Crippen molar-refractivity contribution >= 4 is 29.5 Å². The maximum Gasteiger partial charge on any atom is 0.296 e. The first kappa shape index (κ1) is 46.2. The number of hydrogen-bond donors (Lipinski definition) is 7. The molecule has 1 saturated heterocycles. The number of pyridine rings is 2. The number of fused-ring (bicyclic) bond motifs is 2. The molecular formula is C42H57N9O10. The Balaban J connectivity index is 1.40. The summed E-state index contributed by atoms with van der Waals surface area (Å²) in [4.78, 5) is 101. The third kappa shape index (κ3) is 13.3. The zero-order valence-corrected chi connectivity index (χ0v) is 34.7. The molecule has 1 aromatic carbocycles. The van der Waals surface area contributed by atoms with E-state index in [-0.39, 0.29) is 55.3 Å². The van der Waals surface area contributed by atoms with Crippen LogP contribution in [0.1, 0.15) is 86.3 Å². The minimum Gasteiger partial charge on any atom is -0.405 e. The molecule has 4 aliphatic rings. The van der Waals surface area contributed by atoms with Gasteiger partial charge in [-0.05, 0) is 88.1 Å². The third-order valence-electron chi connectivity index (χ3n) is 10.1. The maximum atomic E-state index is 14.1. The summed E-state index contributed by atoms with van der Waals surface area (Å²) < 4.78 is 12.9. The second-order valence-electron chi connectivity index (χ2n) is 14.7. The molecule has 4 bridgehead atoms. The smallest absolute Gasteiger partial charge is 0.296 e. The van der Waals surface area contributed by atoms with E-state index in [0.717, 1.165) is 35.1 Å². The maximum absolute atomic E-state index is 14.1. The zero-order valence-electron chi connectivity index (χ0n) is 34.7. The summed E-state index contributed by atoms with van der Waals surface area (Å²) >= 11 is 0. The van der Waals surface area contributed by atoms with Gasteiger partial charge in [-0.1, -0.05) is 37.3 Å². The van der Waals surface area contributed by atoms with Crippen LogP contribution < -0.4 is 53.2 Å². The van der Waals surface area contributed by atoms with Gasteiger partial charge >= 0.3 is 0 Å². The molecule has 3 aromatic rings. The molecule has 6 heterocycles. The van der Waals surface area contributed by atoms with E-state index in [1.54, 1.807) is 24.3 Å². The molecule has 61 heavy (non-hydrogen) atoms. The highest BCUT2D eigenvalue weighted by Gasteiger charge is 2.33. The molecule has 0 radical (unpaired) electrons. The lowest BCUT2D eigenvalue weighted by atomic mass is 10.1. The van der Waals surface area contributed by atoms with E-state index >= 15 is 0 Å². The standard InChI is InChI=1S/C42H57N9O10/c1-3-23-59-24-22-46-38(54)31-16-21-44-18-8-7-17-43-19-9-20-45-39(55)34-14-12-29(41(57)50(34)2)36(52)48-32-26-60-27-33(32)49-37(53)30-13-15-35(40(56)47-31)51(42(30)58)61-25-28-10-5-4-6-11-28/h4-6,10-15,31-33,43-44H,3,7-9,16-27H2,1-2H3,(H,45,55)(H,46,54)(H,47,56)(H,48,52)(H,49,53)/t31?,32-,33+/m1/s1. The fourth-order valence-corrected chi connectivity index (χ4v) is 6.69. The van der Waals surface area contributed by atoms with E-state index in [2.05, 4.69) is 37.2 Å². The zero-order chi connectivity index (χ0) is 43.6. The van der Waals surface area contributed by atoms with Gasteiger partial charge in [-0.25, -0.2) is 0 Å². The Morgan fingerprint density at radius 1 is 0.721 bits per heavy atom. The van der Waals surface area contributed by atoms with Gasteiger partial charge in [-0.3, -0.25) is 33.6 Å². The van der Waals surface area contributed by atoms with Crippen molar-refractivity contribution in [3.63, 3.8) is 0 Å². The fraction of sp³-hybridized carbons (Fsp3) is 0.500. The number of hydrogen-bond acceptors (Lipinski definition) is 12. The molecule has 19 nitrogen and oxygen atoms in total. The molecule has 330 valence electrons. The molecule has 0 spiro atoms. The number of nitrogens with zero attached hydrogens (tertiary/aromatic N) is 2. The highest BCUT2D eigenvalue weighted by Crippen LogP contribution is 2.10. The van der Waals surface area contributed by atoms with Gasteiger partial charge in [-0.15, -0.1) is 4.73 Å². The van der Waals surface area contributed by atoms with Crippen molar-refractivity contribution in [3.05, 3.63) is 103 Å². The summed E-state index contributed by atoms with van der Waals surface area (Å²) in [5, 5.41) is 20.5. The molecule has 7 N–H and O–H groups in total. The molecule has 3 atom stereocenters. The number of ether oxygens (including phenoxy) is 2. The topological polar surface area (TPSA) is 241 Å². The van der Waals surface area contributed by atoms with Crippen LogP contribution in [0.4, 0.5) is 0 Å². The fourth-order valence-electron chi connectivity index (χ4n) is 6.69. The molecule has 1 fully saturated rings. The van der Waals surface area contributed by atoms with E-state index in [9.17, 15) is 33.6 Å². The third-order valence-corrected chi connectivity index (χ3v) is 10.1. The number of amides is 5. The minimum absolute atomic E-state index is 0.00803. The first-order valence-corrected chi connectivity index (χ1v) is 20.8. The minimum atomic E-state index is -0.998. The van der Waals surface area contributed by atoms with Crippen LogP contribution in [0, 0.1) is 0 Å². The normalized spacial score (nSPS) is 20.1. The van der Waals surface area contributed by atoms with Crippen molar-refractivity contribution < 1.29 is 38.3 Å². The van der Waals surface area contributed by atoms with Crippen LogP contribution in [0.15, 0.2) is 64.2 Å². The van der Waals surface area contributed by atoms with Gasteiger partial charge in [0.15, 0.2) is 0 Å². The largest absolute Gasteiger partial charge is 0.405 e. The van der Waals surface area contributed by atoms with Crippen LogP contribution in [-0.2, 0) is 27.9 Å². The van der Waals surface area contributed by atoms with E-state index < -0.39 is 58.8 Å². The van der Waals surface area contributed by atoms with E-state index in [0.29, 0.717) is 51.4 Å². The highest BCUT2D eigenvalue weighted by atomic mass is 16.7. The van der Waals surface area contributed by atoms with Crippen molar-refractivity contribution in [1.29, 1.82) is 0 Å². The quantitative estimate of drug-likeness (QED) is 0.131. The van der Waals surface area contributed by atoms with Gasteiger partial charge in [0, 0.05) is 26.7 Å². The Labute approximate surface area is 353 Å². The Morgan fingerprint density at radius 2 is 1.36 bits per heavy atom. The van der Waals surface area contributed by atoms with Crippen LogP contribution in [0.5, 0.6) is 0 Å². The summed E-state index contributed by atoms with van der Waals surface area (Å²) in [5.74, 6) is -3.25. The molecular weight excluding hydrogens is 791 g/mol. The summed E-state index contributed by atoms with van der Waals surface area (Å²) in [6.07, 6.45) is 3.41. The molecule has 7 rings (SSSR count). The lowest BCUT2D eigenvalue weighted by molar-refractivity contribution is -0.123. The molecule has 1 unspecified atom stereocenters. The molecule has 4 aliphatic heterocycles. The van der Waals surface area contributed by atoms with E-state index in [1.807, 2.05) is 13.0 Å². The van der Waals surface area contributed by atoms with Crippen molar-refractivity contribution in [3.8, 4) is 0 Å². The average molecular weight is 848 g/mol. The Kier molecular flexibility index (Phi) is 18.0. The van der Waals surface area contributed by atoms with Gasteiger partial charge in [-0.2, -0.15) is 0 Å². The second kappa shape index (κ2) is 23.8. The molecule has 0 saturated carbocycles. The number of aromatic nitrogens is 2. The summed E-state index contributed by atoms with van der Waals surface area (Å²) in [6.45, 7) is 5.72. The molecule has 0 aliphatic carbocycles. The molecule has 2 aromatic heterocycles. The van der Waals surface area contributed by atoms with Crippen LogP contribution in [-0.4, -0.2) is 123 Å². The van der Waals surface area contributed by atoms with Crippen molar-refractivity contribution in [2.45, 2.75) is 63.8 Å². The average Bonchev–Trinajstić information content (AvgIpc) is 3.68. The van der Waals surface area contributed by atoms with Gasteiger partial charge < -0.3 is 56.1 Å². The van der Waals surface area contributed by atoms with E-state index in [4.69, 9.17) is 14.3 Å². The summed E-state index contributed by atoms with van der Waals surface area (Å²) in [5.41, 5.74) is -1.71. The van der Waals surface area contributed by atoms with Crippen molar-refractivity contribution in [2.24, 2.45) is 7.05 Å². The van der Waals surface area contributed by atoms with Gasteiger partial charge in [0.25, 0.3) is 34.7 Å². The lowest BCUT2D eigenvalue weighted by Gasteiger charge is -2.22. The molecule has 5 amide bonds. The van der Waals surface area contributed by atoms with Crippen molar-refractivity contribution in [2.75, 3.05) is 65.7 Å². The predicted octanol–water partition coefficient (Wildman–Crippen LogP) is -0.773. The number of benzene rings is 1. The Hall–Kier alpha value is -5.89. The van der Waals surface area contributed by atoms with Crippen molar-refractivity contribution in [1.82, 2.24) is 46.5 Å². The van der Waals surface area contributed by atoms with Crippen LogP contribution in [0.25, 0.3) is 0 Å². The number of carbonyl (C=O) groups is 5. The number of nitrogens with one attached hydrogen (secondary N) is 7. The van der Waals surface area contributed by atoms with Gasteiger partial charge in [0.1, 0.15) is 35.2 Å². The molecule has 19 heteroatoms. The predicted molar refractivity (Wildman–Crippen MR) is 224 cm³/mol. The first-order chi connectivity index (χ1) is 29.6. The first-order valence-electron chi connectivity index (χ1n) is 20.8. The Bertz CT molecular complexity index is 2090. The van der Waals surface area contributed by atoms with Crippen LogP contribution in [0.3, 0.4) is 0 Å². The lowest BCUT2D eigenvalue weighted by Crippen LogP contribution is -2.53. The number of carbonyl (C=O) groups excluding carboxylic acids is 5. The van der Waals surface area contributed by atoms with E-state index in [1.165, 1.54) is 31.3 Å². The monoisotopic (exact) mass is 847 g/mol. The van der Waals surface area contributed by atoms with Crippen LogP contribution >= 0.6 is 0 Å². The highest BCUT2D eigenvalue weighted by molar-refractivity contribution is 5.99. The Morgan fingerprint density at radius 3 is 2.05 bits per heavy atom. The van der Waals surface area contributed by atoms with Crippen LogP contribution in [0.2, 0.25) is 0 Å². The van der Waals surface area contributed by atoms with Gasteiger partial charge in [0.2, 0.25) is 5.91 Å².